The monoisotopic (exact) mass is 202 g/mol. The number of hydrogen-bond acceptors (Lipinski definition) is 3. The van der Waals surface area contributed by atoms with Gasteiger partial charge in [-0.2, -0.15) is 0 Å². The second-order valence-corrected chi connectivity index (χ2v) is 7.08. The Balaban J connectivity index is 2.79. The summed E-state index contributed by atoms with van der Waals surface area (Å²) in [5, 5.41) is -0.535. The highest BCUT2D eigenvalue weighted by molar-refractivity contribution is 6.63. The average molecular weight is 202 g/mol. The fraction of sp³-hybridized carbons (Fsp3) is 0.889. The zero-order chi connectivity index (χ0) is 9.90. The minimum atomic E-state index is -1.16. The van der Waals surface area contributed by atoms with Crippen LogP contribution in [-0.4, -0.2) is 33.7 Å². The Bertz CT molecular complexity index is 185. The molecule has 0 amide bonds. The summed E-state index contributed by atoms with van der Waals surface area (Å²) < 4.78 is 10.5. The van der Waals surface area contributed by atoms with E-state index in [0.717, 1.165) is 19.3 Å². The lowest BCUT2D eigenvalue weighted by Gasteiger charge is -2.37. The van der Waals surface area contributed by atoms with Gasteiger partial charge in [0.25, 0.3) is 0 Å². The first-order valence-electron chi connectivity index (χ1n) is 4.86. The van der Waals surface area contributed by atoms with Crippen molar-refractivity contribution in [1.82, 2.24) is 0 Å². The van der Waals surface area contributed by atoms with Gasteiger partial charge >= 0.3 is 5.97 Å². The van der Waals surface area contributed by atoms with Crippen LogP contribution in [-0.2, 0) is 14.3 Å². The molecule has 0 radical (unpaired) electrons. The standard InChI is InChI=1S/C9H18O3Si/c1-11-8(10)9(13(2)3)6-4-5-7-12-9/h13H,4-7H2,1-3H3. The molecule has 1 aliphatic heterocycles. The third kappa shape index (κ3) is 1.94. The summed E-state index contributed by atoms with van der Waals surface area (Å²) >= 11 is 0. The van der Waals surface area contributed by atoms with Gasteiger partial charge in [0.2, 0.25) is 0 Å². The van der Waals surface area contributed by atoms with Gasteiger partial charge in [0.1, 0.15) is 5.22 Å². The molecule has 1 atom stereocenters. The molecule has 0 aromatic carbocycles. The fourth-order valence-corrected chi connectivity index (χ4v) is 3.66. The maximum absolute atomic E-state index is 11.6. The predicted octanol–water partition coefficient (Wildman–Crippen LogP) is 1.12. The molecule has 0 aliphatic carbocycles. The zero-order valence-electron chi connectivity index (χ0n) is 8.63. The lowest BCUT2D eigenvalue weighted by atomic mass is 10.1. The summed E-state index contributed by atoms with van der Waals surface area (Å²) in [6.45, 7) is 4.99. The lowest BCUT2D eigenvalue weighted by Crippen LogP contribution is -2.54. The van der Waals surface area contributed by atoms with Gasteiger partial charge in [-0.1, -0.05) is 13.1 Å². The molecular weight excluding hydrogens is 184 g/mol. The first-order chi connectivity index (χ1) is 6.13. The van der Waals surface area contributed by atoms with Crippen molar-refractivity contribution in [3.63, 3.8) is 0 Å². The summed E-state index contributed by atoms with van der Waals surface area (Å²) in [4.78, 5) is 11.6. The molecule has 1 rings (SSSR count). The first-order valence-corrected chi connectivity index (χ1v) is 7.74. The zero-order valence-corrected chi connectivity index (χ0v) is 9.79. The fourth-order valence-electron chi connectivity index (χ4n) is 1.84. The van der Waals surface area contributed by atoms with Crippen LogP contribution in [0.25, 0.3) is 0 Å². The van der Waals surface area contributed by atoms with Crippen LogP contribution in [0, 0.1) is 0 Å². The highest BCUT2D eigenvalue weighted by atomic mass is 28.3. The van der Waals surface area contributed by atoms with Crippen LogP contribution in [0.15, 0.2) is 0 Å². The van der Waals surface area contributed by atoms with Crippen LogP contribution in [0.2, 0.25) is 13.1 Å². The van der Waals surface area contributed by atoms with Gasteiger partial charge in [0.15, 0.2) is 0 Å². The highest BCUT2D eigenvalue weighted by Gasteiger charge is 2.45. The number of ether oxygens (including phenoxy) is 2. The molecule has 1 saturated heterocycles. The Morgan fingerprint density at radius 1 is 1.46 bits per heavy atom. The molecule has 0 aromatic heterocycles. The minimum absolute atomic E-state index is 0.158. The van der Waals surface area contributed by atoms with Gasteiger partial charge in [-0.15, -0.1) is 0 Å². The van der Waals surface area contributed by atoms with Crippen molar-refractivity contribution >= 4 is 14.8 Å². The summed E-state index contributed by atoms with van der Waals surface area (Å²) in [7, 11) is 0.283. The largest absolute Gasteiger partial charge is 0.467 e. The number of esters is 1. The van der Waals surface area contributed by atoms with E-state index in [1.165, 1.54) is 7.11 Å². The molecule has 3 nitrogen and oxygen atoms in total. The summed E-state index contributed by atoms with van der Waals surface area (Å²) in [6, 6.07) is 0. The van der Waals surface area contributed by atoms with Gasteiger partial charge in [-0.05, 0) is 19.3 Å². The van der Waals surface area contributed by atoms with Crippen molar-refractivity contribution < 1.29 is 14.3 Å². The third-order valence-electron chi connectivity index (χ3n) is 2.77. The van der Waals surface area contributed by atoms with Crippen molar-refractivity contribution in [1.29, 1.82) is 0 Å². The van der Waals surface area contributed by atoms with E-state index in [9.17, 15) is 4.79 Å². The topological polar surface area (TPSA) is 35.5 Å². The predicted molar refractivity (Wildman–Crippen MR) is 53.4 cm³/mol. The van der Waals surface area contributed by atoms with E-state index in [-0.39, 0.29) is 5.97 Å². The van der Waals surface area contributed by atoms with E-state index in [1.54, 1.807) is 0 Å². The molecule has 1 fully saturated rings. The van der Waals surface area contributed by atoms with Gasteiger partial charge in [-0.3, -0.25) is 0 Å². The third-order valence-corrected chi connectivity index (χ3v) is 5.32. The van der Waals surface area contributed by atoms with Crippen LogP contribution < -0.4 is 0 Å². The molecule has 0 N–H and O–H groups in total. The Kier molecular flexibility index (Phi) is 3.50. The van der Waals surface area contributed by atoms with E-state index < -0.39 is 14.0 Å². The van der Waals surface area contributed by atoms with E-state index in [1.807, 2.05) is 0 Å². The minimum Gasteiger partial charge on any atom is -0.467 e. The molecule has 1 aliphatic rings. The SMILES string of the molecule is COC(=O)C1([SiH](C)C)CCCCO1. The quantitative estimate of drug-likeness (QED) is 0.497. The summed E-state index contributed by atoms with van der Waals surface area (Å²) in [5.74, 6) is -0.158. The van der Waals surface area contributed by atoms with E-state index >= 15 is 0 Å². The Labute approximate surface area is 81.0 Å². The first kappa shape index (κ1) is 10.7. The normalized spacial score (nSPS) is 28.9. The van der Waals surface area contributed by atoms with E-state index in [4.69, 9.17) is 9.47 Å². The Morgan fingerprint density at radius 3 is 2.54 bits per heavy atom. The summed E-state index contributed by atoms with van der Waals surface area (Å²) in [5.41, 5.74) is 0. The van der Waals surface area contributed by atoms with Crippen molar-refractivity contribution in [3.8, 4) is 0 Å². The Morgan fingerprint density at radius 2 is 2.15 bits per heavy atom. The van der Waals surface area contributed by atoms with Crippen molar-refractivity contribution in [2.45, 2.75) is 37.6 Å². The van der Waals surface area contributed by atoms with Crippen LogP contribution in [0.3, 0.4) is 0 Å². The molecule has 0 saturated carbocycles. The van der Waals surface area contributed by atoms with Crippen LogP contribution >= 0.6 is 0 Å². The van der Waals surface area contributed by atoms with E-state index in [0.29, 0.717) is 6.61 Å². The van der Waals surface area contributed by atoms with Crippen molar-refractivity contribution in [2.75, 3.05) is 13.7 Å². The van der Waals surface area contributed by atoms with E-state index in [2.05, 4.69) is 13.1 Å². The maximum Gasteiger partial charge on any atom is 0.334 e. The number of carbonyl (C=O) groups is 1. The summed E-state index contributed by atoms with van der Waals surface area (Å²) in [6.07, 6.45) is 3.00. The highest BCUT2D eigenvalue weighted by Crippen LogP contribution is 2.28. The van der Waals surface area contributed by atoms with Crippen molar-refractivity contribution in [2.24, 2.45) is 0 Å². The van der Waals surface area contributed by atoms with Gasteiger partial charge in [0, 0.05) is 6.61 Å². The molecule has 0 bridgehead atoms. The van der Waals surface area contributed by atoms with Crippen LogP contribution in [0.5, 0.6) is 0 Å². The van der Waals surface area contributed by atoms with Gasteiger partial charge < -0.3 is 9.47 Å². The molecule has 1 unspecified atom stereocenters. The van der Waals surface area contributed by atoms with Crippen LogP contribution in [0.4, 0.5) is 0 Å². The maximum atomic E-state index is 11.6. The van der Waals surface area contributed by atoms with Gasteiger partial charge in [-0.25, -0.2) is 4.79 Å². The smallest absolute Gasteiger partial charge is 0.334 e. The molecule has 76 valence electrons. The van der Waals surface area contributed by atoms with Crippen LogP contribution in [0.1, 0.15) is 19.3 Å². The number of rotatable bonds is 2. The molecule has 0 spiro atoms. The number of methoxy groups -OCH3 is 1. The van der Waals surface area contributed by atoms with Crippen molar-refractivity contribution in [3.05, 3.63) is 0 Å². The Hall–Kier alpha value is -0.353. The second kappa shape index (κ2) is 4.24. The molecular formula is C9H18O3Si. The molecule has 1 heterocycles. The van der Waals surface area contributed by atoms with Gasteiger partial charge in [0.05, 0.1) is 15.9 Å². The number of carbonyl (C=O) groups excluding carboxylic acids is 1. The number of hydrogen-bond donors (Lipinski definition) is 0. The molecule has 13 heavy (non-hydrogen) atoms. The second-order valence-electron chi connectivity index (χ2n) is 3.84. The molecule has 4 heteroatoms. The lowest BCUT2D eigenvalue weighted by molar-refractivity contribution is -0.163. The average Bonchev–Trinajstić information content (AvgIpc) is 2.17. The molecule has 0 aromatic rings.